The Kier molecular flexibility index (Phi) is 9.22. The Hall–Kier alpha value is -2.89. The second kappa shape index (κ2) is 10.9. The zero-order chi connectivity index (χ0) is 23.8. The molecular weight excluding hydrogens is 456 g/mol. The average Bonchev–Trinajstić information content (AvgIpc) is 2.63. The van der Waals surface area contributed by atoms with Crippen LogP contribution in [0, 0.1) is 0 Å². The van der Waals surface area contributed by atoms with Gasteiger partial charge in [0.05, 0.1) is 0 Å². The average molecular weight is 474 g/mol. The summed E-state index contributed by atoms with van der Waals surface area (Å²) in [5.41, 5.74) is 0.452. The lowest BCUT2D eigenvalue weighted by Gasteiger charge is -2.18. The maximum absolute atomic E-state index is 12.4. The van der Waals surface area contributed by atoms with Gasteiger partial charge in [-0.15, -0.1) is 0 Å². The minimum Gasteiger partial charge on any atom is -0.485 e. The molecule has 0 aliphatic carbocycles. The van der Waals surface area contributed by atoms with Crippen LogP contribution in [0.2, 0.25) is 5.02 Å². The van der Waals surface area contributed by atoms with E-state index in [1.54, 1.807) is 24.3 Å². The first kappa shape index (κ1) is 26.1. The molecule has 0 heterocycles. The first-order valence-electron chi connectivity index (χ1n) is 8.31. The normalized spacial score (nSPS) is 12.9. The summed E-state index contributed by atoms with van der Waals surface area (Å²) < 4.78 is 82.7. The highest BCUT2D eigenvalue weighted by Gasteiger charge is 2.30. The molecule has 0 fully saturated rings. The van der Waals surface area contributed by atoms with Crippen LogP contribution in [-0.4, -0.2) is 44.5 Å². The third-order valence-corrected chi connectivity index (χ3v) is 3.43. The Morgan fingerprint density at radius 1 is 1.13 bits per heavy atom. The fraction of sp³-hybridized carbons (Fsp3) is 0.333. The van der Waals surface area contributed by atoms with E-state index in [1.807, 2.05) is 0 Å². The number of nitrogens with zero attached hydrogens (tertiary/aromatic N) is 2. The summed E-state index contributed by atoms with van der Waals surface area (Å²) in [7, 11) is 1.41. The van der Waals surface area contributed by atoms with E-state index in [0.29, 0.717) is 16.8 Å². The van der Waals surface area contributed by atoms with Crippen LogP contribution in [0.25, 0.3) is 0 Å². The molecule has 31 heavy (non-hydrogen) atoms. The molecule has 0 aliphatic heterocycles. The quantitative estimate of drug-likeness (QED) is 0.189. The van der Waals surface area contributed by atoms with Gasteiger partial charge in [0.1, 0.15) is 11.6 Å². The van der Waals surface area contributed by atoms with Crippen LogP contribution in [-0.2, 0) is 9.47 Å². The number of allylic oxidation sites excluding steroid dienone is 1. The Bertz CT molecular complexity index is 835. The molecule has 0 bridgehead atoms. The predicted octanol–water partition coefficient (Wildman–Crippen LogP) is 5.42. The van der Waals surface area contributed by atoms with Crippen LogP contribution in [0.4, 0.5) is 36.8 Å². The maximum Gasteiger partial charge on any atom is 0.422 e. The monoisotopic (exact) mass is 473 g/mol. The highest BCUT2D eigenvalue weighted by atomic mass is 35.5. The van der Waals surface area contributed by atoms with Crippen molar-refractivity contribution in [1.82, 2.24) is 5.32 Å². The van der Waals surface area contributed by atoms with Gasteiger partial charge in [-0.2, -0.15) is 26.3 Å². The van der Waals surface area contributed by atoms with Gasteiger partial charge in [-0.1, -0.05) is 18.2 Å². The molecule has 0 saturated heterocycles. The van der Waals surface area contributed by atoms with Crippen molar-refractivity contribution in [3.05, 3.63) is 53.6 Å². The van der Waals surface area contributed by atoms with Gasteiger partial charge in [-0.05, 0) is 31.2 Å². The second-order valence-electron chi connectivity index (χ2n) is 5.92. The van der Waals surface area contributed by atoms with Gasteiger partial charge in [0.25, 0.3) is 0 Å². The van der Waals surface area contributed by atoms with E-state index in [4.69, 9.17) is 11.6 Å². The summed E-state index contributed by atoms with van der Waals surface area (Å²) in [6.07, 6.45) is -8.78. The number of nitrogens with one attached hydrogen (secondary N) is 1. The number of hydrogen-bond acceptors (Lipinski definition) is 4. The lowest BCUT2D eigenvalue weighted by Crippen LogP contribution is -2.40. The van der Waals surface area contributed by atoms with E-state index in [-0.39, 0.29) is 5.84 Å². The van der Waals surface area contributed by atoms with E-state index in [0.717, 1.165) is 0 Å². The molecule has 1 aromatic rings. The summed E-state index contributed by atoms with van der Waals surface area (Å²) in [6.45, 7) is 0.898. The Morgan fingerprint density at radius 2 is 1.65 bits per heavy atom. The molecule has 0 aromatic heterocycles. The number of anilines is 1. The van der Waals surface area contributed by atoms with Crippen molar-refractivity contribution in [2.45, 2.75) is 19.3 Å². The third kappa shape index (κ3) is 11.2. The molecule has 0 unspecified atom stereocenters. The lowest BCUT2D eigenvalue weighted by molar-refractivity contribution is -0.165. The summed E-state index contributed by atoms with van der Waals surface area (Å²) in [6, 6.07) is 5.48. The van der Waals surface area contributed by atoms with Crippen LogP contribution in [0.5, 0.6) is 0 Å². The molecule has 1 rings (SSSR count). The van der Waals surface area contributed by atoms with E-state index >= 15 is 0 Å². The van der Waals surface area contributed by atoms with Crippen molar-refractivity contribution in [3.63, 3.8) is 0 Å². The van der Waals surface area contributed by atoms with Crippen LogP contribution < -0.4 is 10.2 Å². The molecule has 2 amide bonds. The van der Waals surface area contributed by atoms with Crippen LogP contribution in [0.3, 0.4) is 0 Å². The van der Waals surface area contributed by atoms with Crippen molar-refractivity contribution in [3.8, 4) is 0 Å². The summed E-state index contributed by atoms with van der Waals surface area (Å²) in [5.74, 6) is -1.62. The molecule has 13 heteroatoms. The number of halogens is 7. The fourth-order valence-electron chi connectivity index (χ4n) is 1.83. The van der Waals surface area contributed by atoms with E-state index in [2.05, 4.69) is 26.4 Å². The van der Waals surface area contributed by atoms with E-state index in [9.17, 15) is 31.1 Å². The van der Waals surface area contributed by atoms with Gasteiger partial charge >= 0.3 is 18.4 Å². The second-order valence-corrected chi connectivity index (χ2v) is 6.36. The molecule has 1 N–H and O–H groups in total. The van der Waals surface area contributed by atoms with Gasteiger partial charge in [-0.25, -0.2) is 9.79 Å². The van der Waals surface area contributed by atoms with Gasteiger partial charge in [0.15, 0.2) is 13.2 Å². The van der Waals surface area contributed by atoms with E-state index in [1.165, 1.54) is 18.9 Å². The van der Waals surface area contributed by atoms with Gasteiger partial charge < -0.3 is 9.47 Å². The van der Waals surface area contributed by atoms with Crippen LogP contribution in [0.15, 0.2) is 53.6 Å². The van der Waals surface area contributed by atoms with Crippen molar-refractivity contribution in [1.29, 1.82) is 0 Å². The Balaban J connectivity index is 2.92. The van der Waals surface area contributed by atoms with E-state index < -0.39 is 43.2 Å². The molecule has 172 valence electrons. The molecule has 6 nitrogen and oxygen atoms in total. The molecule has 0 radical (unpaired) electrons. The minimum atomic E-state index is -4.74. The third-order valence-electron chi connectivity index (χ3n) is 3.17. The molecular formula is C18H18ClF6N3O3. The van der Waals surface area contributed by atoms with Gasteiger partial charge in [-0.3, -0.25) is 10.2 Å². The largest absolute Gasteiger partial charge is 0.485 e. The summed E-state index contributed by atoms with van der Waals surface area (Å²) in [4.78, 5) is 17.1. The van der Waals surface area contributed by atoms with Gasteiger partial charge in [0.2, 0.25) is 5.88 Å². The molecule has 1 aromatic carbocycles. The Morgan fingerprint density at radius 3 is 2.16 bits per heavy atom. The van der Waals surface area contributed by atoms with Crippen LogP contribution >= 0.6 is 11.6 Å². The predicted molar refractivity (Wildman–Crippen MR) is 103 cm³/mol. The molecule has 0 atom stereocenters. The van der Waals surface area contributed by atoms with Crippen molar-refractivity contribution in [2.75, 3.05) is 25.2 Å². The highest BCUT2D eigenvalue weighted by molar-refractivity contribution is 6.30. The van der Waals surface area contributed by atoms with Crippen molar-refractivity contribution >= 4 is 29.2 Å². The minimum absolute atomic E-state index is 0.206. The number of hydrogen-bond donors (Lipinski definition) is 1. The van der Waals surface area contributed by atoms with Gasteiger partial charge in [0, 0.05) is 23.8 Å². The van der Waals surface area contributed by atoms with Crippen LogP contribution in [0.1, 0.15) is 6.92 Å². The lowest BCUT2D eigenvalue weighted by atomic mass is 10.3. The SMILES string of the molecule is C=C(/C=C(\N=C(/C)NC(=O)N(C)c1ccc(Cl)cc1)OCC(F)(F)F)OCC(F)(F)F. The number of benzene rings is 1. The zero-order valence-corrected chi connectivity index (χ0v) is 17.0. The number of carbonyl (C=O) groups excluding carboxylic acids is 1. The number of urea groups is 1. The zero-order valence-electron chi connectivity index (χ0n) is 16.3. The topological polar surface area (TPSA) is 63.2 Å². The van der Waals surface area contributed by atoms with Crippen molar-refractivity contribution in [2.24, 2.45) is 4.99 Å². The first-order valence-corrected chi connectivity index (χ1v) is 8.69. The number of aliphatic imine (C=N–C) groups is 1. The standard InChI is InChI=1S/C18H18ClF6N3O3/c1-11(30-9-17(20,21)22)8-15(31-10-18(23,24)25)26-12(2)27-16(29)28(3)14-6-4-13(19)5-7-14/h4-8H,1,9-10H2,2-3H3,(H,26,27,29)/b15-8+. The Labute approximate surface area is 178 Å². The fourth-order valence-corrected chi connectivity index (χ4v) is 1.96. The molecule has 0 aliphatic rings. The number of rotatable bonds is 7. The number of amides is 2. The smallest absolute Gasteiger partial charge is 0.422 e. The molecule has 0 saturated carbocycles. The molecule has 0 spiro atoms. The number of ether oxygens (including phenoxy) is 2. The first-order chi connectivity index (χ1) is 14.2. The number of carbonyl (C=O) groups is 1. The van der Waals surface area contributed by atoms with Crippen molar-refractivity contribution < 1.29 is 40.6 Å². The summed E-state index contributed by atoms with van der Waals surface area (Å²) in [5, 5.41) is 2.75. The number of amidine groups is 1. The maximum atomic E-state index is 12.4. The number of alkyl halides is 6. The summed E-state index contributed by atoms with van der Waals surface area (Å²) >= 11 is 5.77. The highest BCUT2D eigenvalue weighted by Crippen LogP contribution is 2.20.